The molecule has 1 N–H and O–H groups in total. The van der Waals surface area contributed by atoms with Gasteiger partial charge in [-0.1, -0.05) is 49.1 Å². The predicted octanol–water partition coefficient (Wildman–Crippen LogP) is 6.44. The minimum absolute atomic E-state index is 0.0954. The fraction of sp³-hybridized carbons (Fsp3) is 0.273. The molecular weight excluding hydrogens is 512 g/mol. The average molecular weight is 547 g/mol. The Morgan fingerprint density at radius 1 is 1.07 bits per heavy atom. The molecule has 1 aliphatic rings. The highest BCUT2D eigenvalue weighted by atomic mass is 16.6. The van der Waals surface area contributed by atoms with Crippen molar-refractivity contribution in [2.24, 2.45) is 0 Å². The Morgan fingerprint density at radius 2 is 1.88 bits per heavy atom. The Hall–Kier alpha value is -4.56. The molecule has 1 atom stereocenters. The smallest absolute Gasteiger partial charge is 0.410 e. The number of carbonyl (C=O) groups is 1. The quantitative estimate of drug-likeness (QED) is 0.279. The highest BCUT2D eigenvalue weighted by molar-refractivity contribution is 5.94. The first-order valence-corrected chi connectivity index (χ1v) is 13.9. The molecule has 1 saturated heterocycles. The van der Waals surface area contributed by atoms with E-state index in [9.17, 15) is 4.79 Å². The topological polar surface area (TPSA) is 84.7 Å². The summed E-state index contributed by atoms with van der Waals surface area (Å²) in [5.74, 6) is 0. The molecule has 1 fully saturated rings. The number of ether oxygens (including phenoxy) is 1. The molecule has 6 rings (SSSR count). The van der Waals surface area contributed by atoms with E-state index in [0.29, 0.717) is 13.1 Å². The monoisotopic (exact) mass is 546 g/mol. The fourth-order valence-corrected chi connectivity index (χ4v) is 5.42. The fourth-order valence-electron chi connectivity index (χ4n) is 5.42. The van der Waals surface area contributed by atoms with Gasteiger partial charge < -0.3 is 10.1 Å². The number of rotatable bonds is 4. The summed E-state index contributed by atoms with van der Waals surface area (Å²) in [7, 11) is 0. The van der Waals surface area contributed by atoms with Gasteiger partial charge in [0.25, 0.3) is 0 Å². The van der Waals surface area contributed by atoms with Crippen molar-refractivity contribution in [2.45, 2.75) is 39.3 Å². The summed E-state index contributed by atoms with van der Waals surface area (Å²) < 4.78 is 7.58. The zero-order valence-corrected chi connectivity index (χ0v) is 23.9. The largest absolute Gasteiger partial charge is 0.444 e. The lowest BCUT2D eigenvalue weighted by atomic mass is 9.98. The first-order valence-electron chi connectivity index (χ1n) is 13.9. The number of pyridine rings is 1. The van der Waals surface area contributed by atoms with E-state index in [1.54, 1.807) is 0 Å². The SMILES string of the molecule is C=Cc1ccc2c(-c3cnc4cc(-c5ccc(C6CNCCN6C(=O)OC(C)(C)C)cc5)c(C)nn34)ccnc2c1. The second-order valence-electron chi connectivity index (χ2n) is 11.4. The molecule has 5 aromatic rings. The summed E-state index contributed by atoms with van der Waals surface area (Å²) in [6, 6.07) is 18.5. The molecule has 1 aliphatic heterocycles. The van der Waals surface area contributed by atoms with E-state index < -0.39 is 5.60 Å². The van der Waals surface area contributed by atoms with Gasteiger partial charge in [0.05, 0.1) is 29.1 Å². The lowest BCUT2D eigenvalue weighted by molar-refractivity contribution is 0.0118. The Morgan fingerprint density at radius 3 is 2.63 bits per heavy atom. The first-order chi connectivity index (χ1) is 19.7. The lowest BCUT2D eigenvalue weighted by Gasteiger charge is -2.37. The van der Waals surface area contributed by atoms with Crippen LogP contribution in [0.2, 0.25) is 0 Å². The van der Waals surface area contributed by atoms with Gasteiger partial charge in [0.2, 0.25) is 0 Å². The number of piperazine rings is 1. The Bertz CT molecular complexity index is 1770. The predicted molar refractivity (Wildman–Crippen MR) is 163 cm³/mol. The van der Waals surface area contributed by atoms with Gasteiger partial charge in [-0.25, -0.2) is 14.3 Å². The van der Waals surface area contributed by atoms with Crippen molar-refractivity contribution in [1.29, 1.82) is 0 Å². The van der Waals surface area contributed by atoms with Crippen LogP contribution in [0.4, 0.5) is 4.79 Å². The number of nitrogens with zero attached hydrogens (tertiary/aromatic N) is 5. The molecule has 1 unspecified atom stereocenters. The molecule has 2 aromatic carbocycles. The second-order valence-corrected chi connectivity index (χ2v) is 11.4. The molecule has 1 amide bonds. The van der Waals surface area contributed by atoms with Crippen LogP contribution in [0.5, 0.6) is 0 Å². The van der Waals surface area contributed by atoms with E-state index >= 15 is 0 Å². The van der Waals surface area contributed by atoms with Crippen molar-refractivity contribution < 1.29 is 9.53 Å². The number of nitrogens with one attached hydrogen (secondary N) is 1. The molecule has 41 heavy (non-hydrogen) atoms. The first kappa shape index (κ1) is 26.7. The number of aromatic nitrogens is 4. The van der Waals surface area contributed by atoms with Crippen molar-refractivity contribution >= 4 is 28.7 Å². The van der Waals surface area contributed by atoms with Crippen molar-refractivity contribution in [3.8, 4) is 22.4 Å². The van der Waals surface area contributed by atoms with Gasteiger partial charge in [0.1, 0.15) is 5.60 Å². The van der Waals surface area contributed by atoms with E-state index in [1.165, 1.54) is 0 Å². The Labute approximate surface area is 239 Å². The number of benzene rings is 2. The molecular formula is C33H34N6O2. The number of imidazole rings is 1. The Kier molecular flexibility index (Phi) is 6.79. The summed E-state index contributed by atoms with van der Waals surface area (Å²) >= 11 is 0. The minimum Gasteiger partial charge on any atom is -0.444 e. The standard InChI is InChI=1S/C33H34N6O2/c1-6-22-7-12-25-26(13-14-35-28(25)17-22)30-20-36-31-18-27(21(2)37-39(30)31)23-8-10-24(11-9-23)29-19-34-15-16-38(29)32(40)41-33(3,4)5/h6-14,17-18,20,29,34H,1,15-16,19H2,2-5H3. The third-order valence-corrected chi connectivity index (χ3v) is 7.43. The molecule has 8 heteroatoms. The van der Waals surface area contributed by atoms with Crippen molar-refractivity contribution in [3.05, 3.63) is 90.4 Å². The van der Waals surface area contributed by atoms with Crippen LogP contribution in [-0.2, 0) is 4.74 Å². The third kappa shape index (κ3) is 5.18. The molecule has 0 spiro atoms. The van der Waals surface area contributed by atoms with Gasteiger partial charge in [-0.05, 0) is 62.6 Å². The highest BCUT2D eigenvalue weighted by Crippen LogP contribution is 2.32. The number of fused-ring (bicyclic) bond motifs is 2. The molecule has 4 heterocycles. The van der Waals surface area contributed by atoms with Gasteiger partial charge in [-0.2, -0.15) is 5.10 Å². The molecule has 3 aromatic heterocycles. The van der Waals surface area contributed by atoms with Crippen molar-refractivity contribution in [3.63, 3.8) is 0 Å². The molecule has 0 saturated carbocycles. The molecule has 0 radical (unpaired) electrons. The summed E-state index contributed by atoms with van der Waals surface area (Å²) in [6.45, 7) is 13.6. The number of hydrogen-bond donors (Lipinski definition) is 1. The zero-order valence-electron chi connectivity index (χ0n) is 23.9. The van der Waals surface area contributed by atoms with Gasteiger partial charge in [-0.15, -0.1) is 0 Å². The van der Waals surface area contributed by atoms with Crippen LogP contribution in [0.3, 0.4) is 0 Å². The van der Waals surface area contributed by atoms with Crippen molar-refractivity contribution in [1.82, 2.24) is 29.8 Å². The summed E-state index contributed by atoms with van der Waals surface area (Å²) in [4.78, 5) is 24.0. The summed E-state index contributed by atoms with van der Waals surface area (Å²) in [5, 5.41) is 9.40. The van der Waals surface area contributed by atoms with Crippen LogP contribution < -0.4 is 5.32 Å². The molecule has 0 aliphatic carbocycles. The maximum Gasteiger partial charge on any atom is 0.410 e. The van der Waals surface area contributed by atoms with Gasteiger partial charge in [0, 0.05) is 42.3 Å². The van der Waals surface area contributed by atoms with E-state index in [2.05, 4.69) is 53.3 Å². The minimum atomic E-state index is -0.536. The normalized spacial score (nSPS) is 15.8. The average Bonchev–Trinajstić information content (AvgIpc) is 3.37. The van der Waals surface area contributed by atoms with E-state index in [-0.39, 0.29) is 12.1 Å². The van der Waals surface area contributed by atoms with Crippen LogP contribution in [-0.4, -0.2) is 55.8 Å². The number of carbonyl (C=O) groups excluding carboxylic acids is 1. The maximum atomic E-state index is 12.9. The van der Waals surface area contributed by atoms with Crippen LogP contribution >= 0.6 is 0 Å². The van der Waals surface area contributed by atoms with Gasteiger partial charge in [-0.3, -0.25) is 9.88 Å². The van der Waals surface area contributed by atoms with Gasteiger partial charge in [0.15, 0.2) is 5.65 Å². The summed E-state index contributed by atoms with van der Waals surface area (Å²) in [6.07, 6.45) is 5.23. The highest BCUT2D eigenvalue weighted by Gasteiger charge is 2.31. The number of aryl methyl sites for hydroxylation is 1. The summed E-state index contributed by atoms with van der Waals surface area (Å²) in [5.41, 5.74) is 8.12. The Balaban J connectivity index is 1.31. The van der Waals surface area contributed by atoms with Crippen molar-refractivity contribution in [2.75, 3.05) is 19.6 Å². The molecule has 0 bridgehead atoms. The third-order valence-electron chi connectivity index (χ3n) is 7.43. The number of amides is 1. The molecule has 8 nitrogen and oxygen atoms in total. The van der Waals surface area contributed by atoms with E-state index in [4.69, 9.17) is 14.8 Å². The lowest BCUT2D eigenvalue weighted by Crippen LogP contribution is -2.50. The van der Waals surface area contributed by atoms with Crippen LogP contribution in [0.1, 0.15) is 43.6 Å². The number of hydrogen-bond acceptors (Lipinski definition) is 6. The van der Waals surface area contributed by atoms with Gasteiger partial charge >= 0.3 is 6.09 Å². The van der Waals surface area contributed by atoms with E-state index in [1.807, 2.05) is 73.8 Å². The second kappa shape index (κ2) is 10.4. The maximum absolute atomic E-state index is 12.9. The van der Waals surface area contributed by atoms with Crippen LogP contribution in [0.25, 0.3) is 45.0 Å². The zero-order chi connectivity index (χ0) is 28.7. The van der Waals surface area contributed by atoms with Crippen LogP contribution in [0, 0.1) is 6.92 Å². The van der Waals surface area contributed by atoms with Crippen LogP contribution in [0.15, 0.2) is 73.6 Å². The molecule has 208 valence electrons. The van der Waals surface area contributed by atoms with E-state index in [0.717, 1.165) is 62.3 Å².